The molecule has 64 heavy (non-hydrogen) atoms. The van der Waals surface area contributed by atoms with Gasteiger partial charge >= 0.3 is 0 Å². The summed E-state index contributed by atoms with van der Waals surface area (Å²) < 4.78 is 13.9. The standard InChI is InChI=1S/C59H37N2O2.Bk/c1-60(52-27-13-25-46-44-23-11-21-42(56(44)62-58(46)52)37-15-5-2-6-16-37)50-35-31-39-30-34-49-51(36-32-40-29-33-48(50)54(39)55(40)49)61(41-19-9-4-10-20-41)53-28-14-26-47-45-24-12-22-43(57(45)63-59(47)53)38-17-7-3-8-18-38;/h2-36H,1H2;/q-1;. The molecular weight excluding hydrogens is 1020 g/mol. The summed E-state index contributed by atoms with van der Waals surface area (Å²) in [6.07, 6.45) is 0. The van der Waals surface area contributed by atoms with E-state index in [1.165, 1.54) is 21.5 Å². The molecule has 0 aliphatic heterocycles. The van der Waals surface area contributed by atoms with Gasteiger partial charge in [0.15, 0.2) is 11.2 Å². The number of fused-ring (bicyclic) bond motifs is 6. The maximum atomic E-state index is 7.02. The van der Waals surface area contributed by atoms with Crippen molar-refractivity contribution in [2.45, 2.75) is 0 Å². The van der Waals surface area contributed by atoms with Crippen LogP contribution in [0.5, 0.6) is 0 Å². The van der Waals surface area contributed by atoms with Crippen LogP contribution in [0.4, 0.5) is 28.4 Å². The molecule has 0 saturated heterocycles. The zero-order valence-electron chi connectivity index (χ0n) is 34.5. The van der Waals surface area contributed by atoms with Gasteiger partial charge in [0.2, 0.25) is 0 Å². The second-order valence-electron chi connectivity index (χ2n) is 16.3. The molecule has 0 N–H and O–H groups in total. The van der Waals surface area contributed by atoms with Crippen molar-refractivity contribution in [3.63, 3.8) is 0 Å². The Bertz CT molecular complexity index is 3880. The summed E-state index contributed by atoms with van der Waals surface area (Å²) in [5.74, 6) is 0. The van der Waals surface area contributed by atoms with Crippen molar-refractivity contribution >= 4 is 105 Å². The third kappa shape index (κ3) is 5.31. The van der Waals surface area contributed by atoms with Gasteiger partial charge in [0, 0.05) is 54.8 Å². The van der Waals surface area contributed by atoms with Crippen molar-refractivity contribution in [2.75, 3.05) is 9.80 Å². The van der Waals surface area contributed by atoms with Crippen LogP contribution in [-0.4, -0.2) is 0 Å². The van der Waals surface area contributed by atoms with E-state index in [1.807, 2.05) is 11.0 Å². The fraction of sp³-hybridized carbons (Fsp3) is 0. The number of hydrogen-bond acceptors (Lipinski definition) is 4. The summed E-state index contributed by atoms with van der Waals surface area (Å²) in [7, 11) is 4.71. The van der Waals surface area contributed by atoms with E-state index >= 15 is 0 Å². The number of furan rings is 2. The topological polar surface area (TPSA) is 32.8 Å². The van der Waals surface area contributed by atoms with Gasteiger partial charge < -0.3 is 18.6 Å². The molecule has 0 unspecified atom stereocenters. The van der Waals surface area contributed by atoms with E-state index in [0.717, 1.165) is 105 Å². The number of para-hydroxylation sites is 5. The van der Waals surface area contributed by atoms with E-state index in [-0.39, 0.29) is 0 Å². The van der Waals surface area contributed by atoms with E-state index in [1.54, 1.807) is 0 Å². The Balaban J connectivity index is 0.00000433. The minimum atomic E-state index is 0. The van der Waals surface area contributed by atoms with Crippen LogP contribution in [0.15, 0.2) is 221 Å². The predicted molar refractivity (Wildman–Crippen MR) is 264 cm³/mol. The molecule has 13 rings (SSSR count). The summed E-state index contributed by atoms with van der Waals surface area (Å²) in [6, 6.07) is 75.2. The van der Waals surface area contributed by atoms with Gasteiger partial charge in [0.25, 0.3) is 0 Å². The Hall–Kier alpha value is -9.34. The summed E-state index contributed by atoms with van der Waals surface area (Å²) in [6.45, 7) is 0. The number of anilines is 5. The Morgan fingerprint density at radius 3 is 1.28 bits per heavy atom. The molecular formula is C59H37BkN2O2-. The molecule has 0 amide bonds. The van der Waals surface area contributed by atoms with Crippen molar-refractivity contribution in [1.29, 1.82) is 0 Å². The summed E-state index contributed by atoms with van der Waals surface area (Å²) in [4.78, 5) is 4.40. The molecule has 0 atom stereocenters. The first kappa shape index (κ1) is 36.5. The second-order valence-corrected chi connectivity index (χ2v) is 16.3. The van der Waals surface area contributed by atoms with E-state index in [0.29, 0.717) is 0 Å². The molecule has 2 aromatic heterocycles. The van der Waals surface area contributed by atoms with Crippen molar-refractivity contribution in [3.05, 3.63) is 219 Å². The average Bonchev–Trinajstić information content (AvgIpc) is 3.94. The number of nitrogens with zero attached hydrogens (tertiary/aromatic N) is 2. The SMILES string of the molecule is [Bk].[CH2-]N(c1ccc2ccc3c(N(c4ccccc4)c4cccc5c4oc4c(-c6ccccc6)cccc45)ccc4ccc1c2c43)c1cccc2c1oc1c(-c3ccccc3)cccc12. The molecule has 0 aliphatic rings. The number of rotatable bonds is 7. The maximum absolute atomic E-state index is 7.02. The number of benzene rings is 11. The third-order valence-electron chi connectivity index (χ3n) is 12.9. The molecule has 305 valence electrons. The Kier molecular flexibility index (Phi) is 8.05. The van der Waals surface area contributed by atoms with Crippen molar-refractivity contribution in [3.8, 4) is 22.3 Å². The quantitative estimate of drug-likeness (QED) is 0.118. The van der Waals surface area contributed by atoms with E-state index in [2.05, 4.69) is 211 Å². The van der Waals surface area contributed by atoms with Crippen LogP contribution < -0.4 is 9.80 Å². The van der Waals surface area contributed by atoms with Gasteiger partial charge in [-0.3, -0.25) is 7.05 Å². The van der Waals surface area contributed by atoms with Gasteiger partial charge in [-0.05, 0) is 69.1 Å². The monoisotopic (exact) mass is 1050 g/mol. The Morgan fingerprint density at radius 1 is 0.312 bits per heavy atom. The van der Waals surface area contributed by atoms with E-state index in [4.69, 9.17) is 15.9 Å². The molecule has 0 fully saturated rings. The fourth-order valence-electron chi connectivity index (χ4n) is 10.0. The first-order valence-corrected chi connectivity index (χ1v) is 21.4. The Labute approximate surface area is 363 Å². The molecule has 0 saturated carbocycles. The molecule has 0 spiro atoms. The molecule has 13 aromatic rings. The van der Waals surface area contributed by atoms with Gasteiger partial charge in [0.1, 0.15) is 11.2 Å². The van der Waals surface area contributed by atoms with Crippen LogP contribution in [0, 0.1) is 7.05 Å². The van der Waals surface area contributed by atoms with Gasteiger partial charge in [0.05, 0.1) is 17.1 Å². The zero-order chi connectivity index (χ0) is 41.6. The largest absolute Gasteiger partial charge is 0.494 e. The molecule has 2 heterocycles. The van der Waals surface area contributed by atoms with Crippen molar-refractivity contribution in [2.24, 2.45) is 0 Å². The van der Waals surface area contributed by atoms with E-state index < -0.39 is 0 Å². The smallest absolute Gasteiger partial charge is 0.159 e. The van der Waals surface area contributed by atoms with Crippen molar-refractivity contribution < 1.29 is 8.83 Å². The normalized spacial score (nSPS) is 11.7. The molecule has 4 nitrogen and oxygen atoms in total. The van der Waals surface area contributed by atoms with Gasteiger partial charge in [-0.25, -0.2) is 0 Å². The Morgan fingerprint density at radius 2 is 0.734 bits per heavy atom. The van der Waals surface area contributed by atoms with Crippen LogP contribution in [-0.2, 0) is 0 Å². The van der Waals surface area contributed by atoms with Crippen LogP contribution in [0.1, 0.15) is 0 Å². The van der Waals surface area contributed by atoms with Gasteiger partial charge in [-0.2, -0.15) is 0 Å². The first-order valence-electron chi connectivity index (χ1n) is 21.4. The van der Waals surface area contributed by atoms with Gasteiger partial charge in [-0.1, -0.05) is 176 Å². The number of hydrogen-bond donors (Lipinski definition) is 0. The molecule has 0 aliphatic carbocycles. The zero-order valence-corrected chi connectivity index (χ0v) is 37.2. The first-order chi connectivity index (χ1) is 31.2. The molecule has 5 heteroatoms. The van der Waals surface area contributed by atoms with Crippen LogP contribution >= 0.6 is 0 Å². The maximum Gasteiger partial charge on any atom is 0.159 e. The second kappa shape index (κ2) is 14.1. The summed E-state index contributed by atoms with van der Waals surface area (Å²) >= 11 is 0. The third-order valence-corrected chi connectivity index (χ3v) is 12.9. The van der Waals surface area contributed by atoms with E-state index in [9.17, 15) is 0 Å². The minimum absolute atomic E-state index is 0. The van der Waals surface area contributed by atoms with Gasteiger partial charge in [-0.15, -0.1) is 0 Å². The van der Waals surface area contributed by atoms with Crippen LogP contribution in [0.2, 0.25) is 0 Å². The predicted octanol–water partition coefficient (Wildman–Crippen LogP) is 17.1. The van der Waals surface area contributed by atoms with Crippen LogP contribution in [0.3, 0.4) is 0 Å². The fourth-order valence-corrected chi connectivity index (χ4v) is 10.0. The summed E-state index contributed by atoms with van der Waals surface area (Å²) in [5.41, 5.74) is 12.8. The summed E-state index contributed by atoms with van der Waals surface area (Å²) in [5, 5.41) is 11.3. The minimum Gasteiger partial charge on any atom is -0.494 e. The molecule has 11 aromatic carbocycles. The molecule has 0 bridgehead atoms. The average molecular weight is 1050 g/mol. The van der Waals surface area contributed by atoms with Crippen molar-refractivity contribution in [1.82, 2.24) is 0 Å². The van der Waals surface area contributed by atoms with Crippen LogP contribution in [0.25, 0.3) is 98.4 Å². The molecule has 1 radical (unpaired) electrons.